The van der Waals surface area contributed by atoms with Gasteiger partial charge in [-0.15, -0.1) is 12.4 Å². The predicted octanol–water partition coefficient (Wildman–Crippen LogP) is 2.60. The molecule has 1 atom stereocenters. The van der Waals surface area contributed by atoms with Crippen LogP contribution in [0.4, 0.5) is 0 Å². The van der Waals surface area contributed by atoms with Crippen LogP contribution in [0.1, 0.15) is 24.4 Å². The minimum absolute atomic E-state index is 0. The number of fused-ring (bicyclic) bond motifs is 1. The van der Waals surface area contributed by atoms with Crippen LogP contribution in [0.5, 0.6) is 0 Å². The van der Waals surface area contributed by atoms with Gasteiger partial charge in [-0.3, -0.25) is 0 Å². The Morgan fingerprint density at radius 1 is 1.26 bits per heavy atom. The van der Waals surface area contributed by atoms with E-state index in [1.807, 2.05) is 0 Å². The summed E-state index contributed by atoms with van der Waals surface area (Å²) >= 11 is 0. The van der Waals surface area contributed by atoms with Crippen molar-refractivity contribution in [2.45, 2.75) is 18.9 Å². The van der Waals surface area contributed by atoms with Crippen molar-refractivity contribution in [3.63, 3.8) is 0 Å². The molecule has 1 aliphatic rings. The van der Waals surface area contributed by atoms with E-state index in [2.05, 4.69) is 47.4 Å². The summed E-state index contributed by atoms with van der Waals surface area (Å²) < 4.78 is 2.19. The Bertz CT molecular complexity index is 543. The number of nitrogens with zero attached hydrogens (tertiary/aromatic N) is 1. The number of hydrogen-bond donors (Lipinski definition) is 2. The molecule has 0 amide bonds. The van der Waals surface area contributed by atoms with Crippen LogP contribution in [0.25, 0.3) is 10.9 Å². The molecular weight excluding hydrogens is 258 g/mol. The number of para-hydroxylation sites is 1. The number of nitrogens with one attached hydrogen (secondary N) is 1. The van der Waals surface area contributed by atoms with Gasteiger partial charge in [0.25, 0.3) is 0 Å². The van der Waals surface area contributed by atoms with Gasteiger partial charge in [0.15, 0.2) is 0 Å². The molecule has 3 rings (SSSR count). The molecule has 4 heteroatoms. The highest BCUT2D eigenvalue weighted by atomic mass is 35.5. The molecule has 0 unspecified atom stereocenters. The number of aryl methyl sites for hydroxylation is 1. The zero-order valence-electron chi connectivity index (χ0n) is 11.3. The van der Waals surface area contributed by atoms with Crippen molar-refractivity contribution in [3.05, 3.63) is 36.0 Å². The quantitative estimate of drug-likeness (QED) is 0.887. The zero-order valence-corrected chi connectivity index (χ0v) is 12.1. The Hall–Kier alpha value is -1.03. The molecule has 104 valence electrons. The van der Waals surface area contributed by atoms with Crippen molar-refractivity contribution in [1.82, 2.24) is 9.88 Å². The average molecular weight is 280 g/mol. The van der Waals surface area contributed by atoms with Gasteiger partial charge >= 0.3 is 0 Å². The lowest BCUT2D eigenvalue weighted by Crippen LogP contribution is -2.33. The summed E-state index contributed by atoms with van der Waals surface area (Å²) in [5.74, 6) is 0.608. The van der Waals surface area contributed by atoms with Crippen LogP contribution in [0.3, 0.4) is 0 Å². The second-order valence-corrected chi connectivity index (χ2v) is 5.33. The highest BCUT2D eigenvalue weighted by Crippen LogP contribution is 2.32. The number of halogens is 1. The molecule has 1 saturated heterocycles. The number of aromatic nitrogens is 1. The van der Waals surface area contributed by atoms with Gasteiger partial charge in [0.2, 0.25) is 0 Å². The summed E-state index contributed by atoms with van der Waals surface area (Å²) in [6.45, 7) is 2.20. The molecule has 19 heavy (non-hydrogen) atoms. The van der Waals surface area contributed by atoms with E-state index >= 15 is 0 Å². The fraction of sp³-hybridized carbons (Fsp3) is 0.467. The first kappa shape index (κ1) is 14.4. The van der Waals surface area contributed by atoms with Crippen LogP contribution in [0, 0.1) is 5.92 Å². The fourth-order valence-electron chi connectivity index (χ4n) is 3.10. The maximum atomic E-state index is 6.51. The first-order valence-corrected chi connectivity index (χ1v) is 6.77. The van der Waals surface area contributed by atoms with Gasteiger partial charge in [-0.25, -0.2) is 0 Å². The summed E-state index contributed by atoms with van der Waals surface area (Å²) in [5.41, 5.74) is 9.09. The standard InChI is InChI=1S/C15H21N3.ClH/c1-18-10-13(12-4-2-3-5-14(12)18)15(16)11-6-8-17-9-7-11;/h2-5,10-11,15,17H,6-9,16H2,1H3;1H/t15-;/m1./s1. The average Bonchev–Trinajstić information content (AvgIpc) is 2.77. The molecule has 3 nitrogen and oxygen atoms in total. The molecule has 2 heterocycles. The van der Waals surface area contributed by atoms with E-state index in [-0.39, 0.29) is 18.4 Å². The van der Waals surface area contributed by atoms with Crippen LogP contribution in [-0.4, -0.2) is 17.7 Å². The van der Waals surface area contributed by atoms with Crippen LogP contribution in [0.2, 0.25) is 0 Å². The Kier molecular flexibility index (Phi) is 4.50. The van der Waals surface area contributed by atoms with Crippen LogP contribution in [-0.2, 0) is 7.05 Å². The van der Waals surface area contributed by atoms with E-state index in [1.165, 1.54) is 29.3 Å². The smallest absolute Gasteiger partial charge is 0.0481 e. The SMILES string of the molecule is Cl.Cn1cc([C@H](N)C2CCNCC2)c2ccccc21. The van der Waals surface area contributed by atoms with Gasteiger partial charge in [-0.2, -0.15) is 0 Å². The number of nitrogens with two attached hydrogens (primary N) is 1. The monoisotopic (exact) mass is 279 g/mol. The highest BCUT2D eigenvalue weighted by molar-refractivity contribution is 5.85. The lowest BCUT2D eigenvalue weighted by atomic mass is 9.86. The van der Waals surface area contributed by atoms with Crippen molar-refractivity contribution in [3.8, 4) is 0 Å². The van der Waals surface area contributed by atoms with Gasteiger partial charge in [0, 0.05) is 30.2 Å². The summed E-state index contributed by atoms with van der Waals surface area (Å²) in [5, 5.41) is 4.71. The normalized spacial score (nSPS) is 18.2. The summed E-state index contributed by atoms with van der Waals surface area (Å²) in [7, 11) is 2.10. The van der Waals surface area contributed by atoms with Crippen molar-refractivity contribution >= 4 is 23.3 Å². The van der Waals surface area contributed by atoms with Crippen molar-refractivity contribution in [2.75, 3.05) is 13.1 Å². The van der Waals surface area contributed by atoms with Gasteiger partial charge < -0.3 is 15.6 Å². The molecule has 1 aliphatic heterocycles. The fourth-order valence-corrected chi connectivity index (χ4v) is 3.10. The van der Waals surface area contributed by atoms with Crippen LogP contribution >= 0.6 is 12.4 Å². The van der Waals surface area contributed by atoms with Gasteiger partial charge in [0.05, 0.1) is 0 Å². The number of benzene rings is 1. The minimum atomic E-state index is 0. The Labute approximate surface area is 120 Å². The topological polar surface area (TPSA) is 43.0 Å². The molecule has 1 aromatic carbocycles. The van der Waals surface area contributed by atoms with E-state index in [0.717, 1.165) is 13.1 Å². The van der Waals surface area contributed by atoms with Gasteiger partial charge in [0.1, 0.15) is 0 Å². The minimum Gasteiger partial charge on any atom is -0.350 e. The first-order valence-electron chi connectivity index (χ1n) is 6.77. The van der Waals surface area contributed by atoms with E-state index in [0.29, 0.717) is 5.92 Å². The van der Waals surface area contributed by atoms with Gasteiger partial charge in [-0.05, 0) is 43.5 Å². The summed E-state index contributed by atoms with van der Waals surface area (Å²) in [6.07, 6.45) is 4.58. The number of piperidine rings is 1. The zero-order chi connectivity index (χ0) is 12.5. The van der Waals surface area contributed by atoms with Crippen LogP contribution in [0.15, 0.2) is 30.5 Å². The predicted molar refractivity (Wildman–Crippen MR) is 82.7 cm³/mol. The largest absolute Gasteiger partial charge is 0.350 e. The molecular formula is C15H22ClN3. The molecule has 2 aromatic rings. The maximum absolute atomic E-state index is 6.51. The van der Waals surface area contributed by atoms with Crippen molar-refractivity contribution in [2.24, 2.45) is 18.7 Å². The Morgan fingerprint density at radius 2 is 1.95 bits per heavy atom. The van der Waals surface area contributed by atoms with E-state index < -0.39 is 0 Å². The third kappa shape index (κ3) is 2.64. The molecule has 0 spiro atoms. The molecule has 0 saturated carbocycles. The number of rotatable bonds is 2. The molecule has 0 radical (unpaired) electrons. The third-order valence-electron chi connectivity index (χ3n) is 4.18. The second-order valence-electron chi connectivity index (χ2n) is 5.33. The molecule has 3 N–H and O–H groups in total. The van der Waals surface area contributed by atoms with E-state index in [1.54, 1.807) is 0 Å². The third-order valence-corrected chi connectivity index (χ3v) is 4.18. The number of hydrogen-bond acceptors (Lipinski definition) is 2. The lowest BCUT2D eigenvalue weighted by Gasteiger charge is -2.28. The summed E-state index contributed by atoms with van der Waals surface area (Å²) in [6, 6.07) is 8.70. The molecule has 1 aromatic heterocycles. The second kappa shape index (κ2) is 5.95. The van der Waals surface area contributed by atoms with E-state index in [9.17, 15) is 0 Å². The molecule has 0 aliphatic carbocycles. The van der Waals surface area contributed by atoms with E-state index in [4.69, 9.17) is 5.73 Å². The van der Waals surface area contributed by atoms with Gasteiger partial charge in [-0.1, -0.05) is 18.2 Å². The lowest BCUT2D eigenvalue weighted by molar-refractivity contribution is 0.323. The summed E-state index contributed by atoms with van der Waals surface area (Å²) in [4.78, 5) is 0. The van der Waals surface area contributed by atoms with Crippen LogP contribution < -0.4 is 11.1 Å². The first-order chi connectivity index (χ1) is 8.77. The molecule has 1 fully saturated rings. The maximum Gasteiger partial charge on any atom is 0.0481 e. The highest BCUT2D eigenvalue weighted by Gasteiger charge is 2.24. The van der Waals surface area contributed by atoms with Crippen molar-refractivity contribution in [1.29, 1.82) is 0 Å². The molecule has 0 bridgehead atoms. The Morgan fingerprint density at radius 3 is 2.68 bits per heavy atom. The van der Waals surface area contributed by atoms with Crippen molar-refractivity contribution < 1.29 is 0 Å². The Balaban J connectivity index is 0.00000133.